The van der Waals surface area contributed by atoms with Crippen molar-refractivity contribution >= 4 is 21.2 Å². The average molecular weight is 737 g/mol. The lowest BCUT2D eigenvalue weighted by molar-refractivity contribution is -0.348. The maximum Gasteiger partial charge on any atom is 0.435 e. The smallest absolute Gasteiger partial charge is 0.435 e. The van der Waals surface area contributed by atoms with E-state index in [1.807, 2.05) is 0 Å². The molecule has 0 aliphatic heterocycles. The van der Waals surface area contributed by atoms with Gasteiger partial charge in [0.05, 0.1) is 16.7 Å². The van der Waals surface area contributed by atoms with Gasteiger partial charge in [-0.3, -0.25) is 4.79 Å². The van der Waals surface area contributed by atoms with Gasteiger partial charge in [0.2, 0.25) is 0 Å². The van der Waals surface area contributed by atoms with Crippen LogP contribution < -0.4 is 0 Å². The van der Waals surface area contributed by atoms with E-state index in [1.165, 1.54) is 17.7 Å². The van der Waals surface area contributed by atoms with Gasteiger partial charge in [0.25, 0.3) is 0 Å². The molecule has 3 atom stereocenters. The van der Waals surface area contributed by atoms with E-state index in [-0.39, 0.29) is 47.0 Å². The van der Waals surface area contributed by atoms with Gasteiger partial charge in [-0.1, -0.05) is 47.9 Å². The largest absolute Gasteiger partial charge is 0.468 e. The molecule has 0 spiro atoms. The first kappa shape index (κ1) is 36.0. The molecule has 1 aromatic heterocycles. The summed E-state index contributed by atoms with van der Waals surface area (Å²) in [4.78, 5) is 13.1. The summed E-state index contributed by atoms with van der Waals surface area (Å²) in [5, 5.41) is 0. The van der Waals surface area contributed by atoms with Crippen molar-refractivity contribution in [3.05, 3.63) is 93.4 Å². The van der Waals surface area contributed by atoms with E-state index in [1.54, 1.807) is 25.3 Å². The molecular weight excluding hydrogens is 697 g/mol. The number of hydrogen-bond donors (Lipinski definition) is 0. The summed E-state index contributed by atoms with van der Waals surface area (Å²) in [7, 11) is -4.28. The Bertz CT molecular complexity index is 1970. The third-order valence-electron chi connectivity index (χ3n) is 11.9. The lowest BCUT2D eigenvalue weighted by Gasteiger charge is -2.47. The number of ketones is 1. The van der Waals surface area contributed by atoms with Crippen molar-refractivity contribution in [2.24, 2.45) is 11.8 Å². The Hall–Kier alpha value is -3.41. The van der Waals surface area contributed by atoms with Crippen molar-refractivity contribution in [2.45, 2.75) is 118 Å². The van der Waals surface area contributed by atoms with Crippen molar-refractivity contribution in [1.82, 2.24) is 0 Å². The molecule has 12 heteroatoms. The van der Waals surface area contributed by atoms with Gasteiger partial charge in [-0.15, -0.1) is 0 Å². The lowest BCUT2D eigenvalue weighted by atomic mass is 9.65. The molecule has 2 aromatic carbocycles. The Morgan fingerprint density at radius 1 is 0.804 bits per heavy atom. The number of carbonyl (C=O) groups excluding carboxylic acids is 1. The van der Waals surface area contributed by atoms with E-state index >= 15 is 4.39 Å². The predicted molar refractivity (Wildman–Crippen MR) is 177 cm³/mol. The van der Waals surface area contributed by atoms with Crippen molar-refractivity contribution in [2.75, 3.05) is 0 Å². The average Bonchev–Trinajstić information content (AvgIpc) is 3.47. The molecule has 0 radical (unpaired) electrons. The minimum atomic E-state index is -6.29. The Balaban J connectivity index is 1.32. The maximum absolute atomic E-state index is 15.3. The SMILES string of the molecule is Cc1ccc(S(=O)(=O)C23CCCC(C(=C4CCC4)c4coc5c4C(=O)CCC5)CCC2CCc2cc(C(F)(C(F)(F)F)C(F)(F)F)ccc23)cc1. The zero-order valence-electron chi connectivity index (χ0n) is 28.2. The molecule has 51 heavy (non-hydrogen) atoms. The van der Waals surface area contributed by atoms with Gasteiger partial charge in [0.1, 0.15) is 10.5 Å². The molecule has 4 aliphatic carbocycles. The van der Waals surface area contributed by atoms with Crippen LogP contribution in [-0.2, 0) is 33.1 Å². The summed E-state index contributed by atoms with van der Waals surface area (Å²) in [6.07, 6.45) is -4.00. The zero-order valence-corrected chi connectivity index (χ0v) is 29.0. The quantitative estimate of drug-likeness (QED) is 0.245. The minimum absolute atomic E-state index is 0.00584. The second-order valence-corrected chi connectivity index (χ2v) is 16.9. The number of rotatable bonds is 5. The number of alkyl halides is 7. The maximum atomic E-state index is 15.3. The Labute approximate surface area is 292 Å². The minimum Gasteiger partial charge on any atom is -0.468 e. The molecule has 0 amide bonds. The molecule has 1 heterocycles. The Morgan fingerprint density at radius 3 is 2.14 bits per heavy atom. The number of Topliss-reactive ketones (excluding diaryl/α,β-unsaturated/α-hetero) is 1. The first-order valence-corrected chi connectivity index (χ1v) is 19.1. The van der Waals surface area contributed by atoms with E-state index in [4.69, 9.17) is 4.42 Å². The highest BCUT2D eigenvalue weighted by Crippen LogP contribution is 2.58. The van der Waals surface area contributed by atoms with Gasteiger partial charge in [-0.05, 0) is 112 Å². The number of aryl methyl sites for hydroxylation is 3. The molecule has 7 rings (SSSR count). The predicted octanol–water partition coefficient (Wildman–Crippen LogP) is 10.8. The number of hydrogen-bond acceptors (Lipinski definition) is 4. The third kappa shape index (κ3) is 5.60. The van der Waals surface area contributed by atoms with Crippen LogP contribution in [0.1, 0.15) is 115 Å². The molecule has 0 N–H and O–H groups in total. The second kappa shape index (κ2) is 12.6. The fourth-order valence-electron chi connectivity index (χ4n) is 9.23. The highest BCUT2D eigenvalue weighted by atomic mass is 32.2. The number of benzene rings is 2. The molecule has 2 saturated carbocycles. The van der Waals surface area contributed by atoms with Crippen LogP contribution in [0.2, 0.25) is 0 Å². The number of furan rings is 1. The van der Waals surface area contributed by atoms with Crippen LogP contribution in [-0.4, -0.2) is 26.6 Å². The van der Waals surface area contributed by atoms with Crippen LogP contribution in [0.25, 0.3) is 5.57 Å². The summed E-state index contributed by atoms with van der Waals surface area (Å²) in [6.45, 7) is 1.80. The molecule has 3 aromatic rings. The topological polar surface area (TPSA) is 64.3 Å². The van der Waals surface area contributed by atoms with Crippen molar-refractivity contribution in [1.29, 1.82) is 0 Å². The summed E-state index contributed by atoms with van der Waals surface area (Å²) >= 11 is 0. The Kier molecular flexibility index (Phi) is 8.90. The fourth-order valence-corrected chi connectivity index (χ4v) is 11.7. The van der Waals surface area contributed by atoms with Gasteiger partial charge in [0.15, 0.2) is 15.6 Å². The summed E-state index contributed by atoms with van der Waals surface area (Å²) in [6, 6.07) is 8.32. The molecule has 4 nitrogen and oxygen atoms in total. The summed E-state index contributed by atoms with van der Waals surface area (Å²) < 4.78 is 132. The number of fused-ring (bicyclic) bond motifs is 4. The van der Waals surface area contributed by atoms with E-state index < -0.39 is 44.1 Å². The number of allylic oxidation sites excluding steroid dienone is 2. The molecule has 2 fully saturated rings. The molecule has 0 saturated heterocycles. The van der Waals surface area contributed by atoms with E-state index in [9.17, 15) is 39.6 Å². The monoisotopic (exact) mass is 736 g/mol. The molecule has 3 unspecified atom stereocenters. The molecule has 274 valence electrons. The van der Waals surface area contributed by atoms with Crippen molar-refractivity contribution in [3.63, 3.8) is 0 Å². The molecule has 4 aliphatic rings. The van der Waals surface area contributed by atoms with Crippen molar-refractivity contribution in [3.8, 4) is 0 Å². The first-order valence-electron chi connectivity index (χ1n) is 17.6. The fraction of sp³-hybridized carbons (Fsp3) is 0.513. The summed E-state index contributed by atoms with van der Waals surface area (Å²) in [5.41, 5.74) is -2.44. The van der Waals surface area contributed by atoms with Crippen LogP contribution >= 0.6 is 0 Å². The van der Waals surface area contributed by atoms with E-state index in [0.29, 0.717) is 62.0 Å². The summed E-state index contributed by atoms with van der Waals surface area (Å²) in [5.74, 6) is 0.233. The van der Waals surface area contributed by atoms with Gasteiger partial charge < -0.3 is 4.42 Å². The third-order valence-corrected chi connectivity index (χ3v) is 14.5. The highest BCUT2D eigenvalue weighted by molar-refractivity contribution is 7.92. The van der Waals surface area contributed by atoms with E-state index in [2.05, 4.69) is 0 Å². The van der Waals surface area contributed by atoms with Gasteiger partial charge in [-0.25, -0.2) is 12.8 Å². The Morgan fingerprint density at radius 2 is 1.49 bits per heavy atom. The van der Waals surface area contributed by atoms with Gasteiger partial charge >= 0.3 is 18.0 Å². The molecule has 0 bridgehead atoms. The number of halogens is 7. The van der Waals surface area contributed by atoms with Crippen molar-refractivity contribution < 1.29 is 48.4 Å². The van der Waals surface area contributed by atoms with Crippen LogP contribution in [0.4, 0.5) is 30.7 Å². The zero-order chi connectivity index (χ0) is 36.6. The standard InChI is InChI=1S/C39H39F7O4S/c1-23-10-17-29(18-11-23)51(48,49)36-20-4-7-25(34(24-5-2-6-24)30-22-50-33-9-3-8-32(47)35(30)33)12-14-27(36)15-13-26-21-28(16-19-31(26)36)37(40,38(41,42)43)39(44,45)46/h10-11,16-19,21-22,25,27H,2-9,12-15,20H2,1H3. The number of carbonyl (C=O) groups is 1. The van der Waals surface area contributed by atoms with Gasteiger partial charge in [0, 0.05) is 24.0 Å². The van der Waals surface area contributed by atoms with Crippen LogP contribution in [0.3, 0.4) is 0 Å². The van der Waals surface area contributed by atoms with Crippen LogP contribution in [0, 0.1) is 18.8 Å². The second-order valence-electron chi connectivity index (χ2n) is 14.7. The first-order chi connectivity index (χ1) is 24.0. The van der Waals surface area contributed by atoms with Crippen LogP contribution in [0.15, 0.2) is 63.6 Å². The molecular formula is C39H39F7O4S. The number of sulfone groups is 1. The highest BCUT2D eigenvalue weighted by Gasteiger charge is 2.73. The van der Waals surface area contributed by atoms with Gasteiger partial charge in [-0.2, -0.15) is 26.3 Å². The van der Waals surface area contributed by atoms with E-state index in [0.717, 1.165) is 48.4 Å². The normalized spacial score (nSPS) is 24.5. The lowest BCUT2D eigenvalue weighted by Crippen LogP contribution is -2.51. The van der Waals surface area contributed by atoms with Crippen LogP contribution in [0.5, 0.6) is 0 Å².